The Morgan fingerprint density at radius 1 is 1.25 bits per heavy atom. The second-order valence-corrected chi connectivity index (χ2v) is 7.63. The maximum Gasteiger partial charge on any atom is 0.113 e. The quantitative estimate of drug-likeness (QED) is 0.745. The van der Waals surface area contributed by atoms with Gasteiger partial charge in [0.15, 0.2) is 0 Å². The zero-order valence-corrected chi connectivity index (χ0v) is 14.5. The minimum absolute atomic E-state index is 0.131. The van der Waals surface area contributed by atoms with Gasteiger partial charge in [-0.15, -0.1) is 11.8 Å². The summed E-state index contributed by atoms with van der Waals surface area (Å²) < 4.78 is 6.49. The molecule has 4 heteroatoms. The highest BCUT2D eigenvalue weighted by Crippen LogP contribution is 2.28. The molecule has 108 valence electrons. The molecule has 0 aliphatic rings. The number of rotatable bonds is 5. The molecule has 0 saturated heterocycles. The van der Waals surface area contributed by atoms with Crippen molar-refractivity contribution < 1.29 is 4.42 Å². The zero-order valence-electron chi connectivity index (χ0n) is 12.1. The van der Waals surface area contributed by atoms with Crippen LogP contribution in [0, 0.1) is 0 Å². The van der Waals surface area contributed by atoms with Crippen molar-refractivity contribution in [2.75, 3.05) is 0 Å². The minimum Gasteiger partial charge on any atom is -0.468 e. The van der Waals surface area contributed by atoms with Crippen LogP contribution in [0.3, 0.4) is 0 Å². The third-order valence-corrected chi connectivity index (χ3v) is 4.55. The van der Waals surface area contributed by atoms with Crippen LogP contribution in [0.1, 0.15) is 32.1 Å². The number of furan rings is 1. The molecular formula is C16H20BrNOS. The van der Waals surface area contributed by atoms with Crippen LogP contribution in [0.25, 0.3) is 0 Å². The lowest BCUT2D eigenvalue weighted by molar-refractivity contribution is 0.424. The van der Waals surface area contributed by atoms with Crippen molar-refractivity contribution >= 4 is 27.7 Å². The average Bonchev–Trinajstić information content (AvgIpc) is 2.87. The second-order valence-electron chi connectivity index (χ2n) is 5.72. The first-order valence-corrected chi connectivity index (χ1v) is 8.40. The first kappa shape index (κ1) is 15.7. The van der Waals surface area contributed by atoms with Crippen molar-refractivity contribution in [3.8, 4) is 0 Å². The maximum absolute atomic E-state index is 5.34. The fraction of sp³-hybridized carbons (Fsp3) is 0.375. The van der Waals surface area contributed by atoms with E-state index in [1.165, 1.54) is 10.5 Å². The van der Waals surface area contributed by atoms with Crippen LogP contribution >= 0.6 is 27.7 Å². The van der Waals surface area contributed by atoms with Gasteiger partial charge >= 0.3 is 0 Å². The summed E-state index contributed by atoms with van der Waals surface area (Å²) in [4.78, 5) is 1.24. The van der Waals surface area contributed by atoms with E-state index < -0.39 is 0 Å². The smallest absolute Gasteiger partial charge is 0.113 e. The predicted octanol–water partition coefficient (Wildman–Crippen LogP) is 5.22. The van der Waals surface area contributed by atoms with Crippen molar-refractivity contribution in [3.05, 3.63) is 52.4 Å². The van der Waals surface area contributed by atoms with Crippen LogP contribution in [-0.4, -0.2) is 5.54 Å². The lowest BCUT2D eigenvalue weighted by atomic mass is 10.1. The highest BCUT2D eigenvalue weighted by atomic mass is 79.9. The molecule has 0 atom stereocenters. The summed E-state index contributed by atoms with van der Waals surface area (Å²) >= 11 is 5.44. The lowest BCUT2D eigenvalue weighted by Gasteiger charge is -2.21. The summed E-state index contributed by atoms with van der Waals surface area (Å²) in [6, 6.07) is 10.4. The first-order valence-electron chi connectivity index (χ1n) is 6.63. The van der Waals surface area contributed by atoms with Crippen molar-refractivity contribution in [3.63, 3.8) is 0 Å². The Bertz CT molecular complexity index is 546. The standard InChI is InChI=1S/C16H20BrNOS/c1-16(2,3)18-10-12-6-7-14(9-15(12)17)20-11-13-5-4-8-19-13/h4-9,18H,10-11H2,1-3H3. The number of hydrogen-bond donors (Lipinski definition) is 1. The molecular weight excluding hydrogens is 334 g/mol. The molecule has 2 rings (SSSR count). The van der Waals surface area contributed by atoms with E-state index in [1.54, 1.807) is 18.0 Å². The van der Waals surface area contributed by atoms with Crippen molar-refractivity contribution in [1.29, 1.82) is 0 Å². The van der Waals surface area contributed by atoms with Crippen molar-refractivity contribution in [2.24, 2.45) is 0 Å². The molecule has 1 aromatic carbocycles. The van der Waals surface area contributed by atoms with Gasteiger partial charge in [0.05, 0.1) is 12.0 Å². The number of benzene rings is 1. The highest BCUT2D eigenvalue weighted by Gasteiger charge is 2.10. The van der Waals surface area contributed by atoms with Gasteiger partial charge in [0.25, 0.3) is 0 Å². The number of halogens is 1. The van der Waals surface area contributed by atoms with Gasteiger partial charge in [0, 0.05) is 21.5 Å². The van der Waals surface area contributed by atoms with Crippen LogP contribution < -0.4 is 5.32 Å². The Morgan fingerprint density at radius 3 is 2.65 bits per heavy atom. The third-order valence-electron chi connectivity index (χ3n) is 2.79. The molecule has 0 amide bonds. The van der Waals surface area contributed by atoms with E-state index in [0.29, 0.717) is 0 Å². The predicted molar refractivity (Wildman–Crippen MR) is 89.0 cm³/mol. The van der Waals surface area contributed by atoms with E-state index in [4.69, 9.17) is 4.42 Å². The van der Waals surface area contributed by atoms with E-state index >= 15 is 0 Å². The Balaban J connectivity index is 1.95. The van der Waals surface area contributed by atoms with Crippen molar-refractivity contribution in [1.82, 2.24) is 5.32 Å². The Kier molecular flexibility index (Phi) is 5.35. The average molecular weight is 354 g/mol. The van der Waals surface area contributed by atoms with Gasteiger partial charge < -0.3 is 9.73 Å². The largest absolute Gasteiger partial charge is 0.468 e. The van der Waals surface area contributed by atoms with Gasteiger partial charge in [-0.05, 0) is 50.6 Å². The Morgan fingerprint density at radius 2 is 2.05 bits per heavy atom. The summed E-state index contributed by atoms with van der Waals surface area (Å²) in [5.41, 5.74) is 1.41. The van der Waals surface area contributed by atoms with Crippen LogP contribution in [0.2, 0.25) is 0 Å². The molecule has 1 aromatic heterocycles. The molecule has 0 radical (unpaired) electrons. The first-order chi connectivity index (χ1) is 9.44. The van der Waals surface area contributed by atoms with Gasteiger partial charge in [-0.25, -0.2) is 0 Å². The molecule has 0 unspecified atom stereocenters. The number of hydrogen-bond acceptors (Lipinski definition) is 3. The summed E-state index contributed by atoms with van der Waals surface area (Å²) in [6.07, 6.45) is 1.72. The highest BCUT2D eigenvalue weighted by molar-refractivity contribution is 9.10. The molecule has 20 heavy (non-hydrogen) atoms. The molecule has 1 heterocycles. The van der Waals surface area contributed by atoms with E-state index in [-0.39, 0.29) is 5.54 Å². The van der Waals surface area contributed by atoms with Gasteiger partial charge in [0.1, 0.15) is 5.76 Å². The lowest BCUT2D eigenvalue weighted by Crippen LogP contribution is -2.35. The van der Waals surface area contributed by atoms with Gasteiger partial charge in [-0.3, -0.25) is 0 Å². The molecule has 2 aromatic rings. The van der Waals surface area contributed by atoms with Crippen LogP contribution in [0.4, 0.5) is 0 Å². The minimum atomic E-state index is 0.131. The van der Waals surface area contributed by atoms with Crippen molar-refractivity contribution in [2.45, 2.75) is 43.5 Å². The van der Waals surface area contributed by atoms with Crippen LogP contribution in [-0.2, 0) is 12.3 Å². The Labute approximate surface area is 133 Å². The fourth-order valence-electron chi connectivity index (χ4n) is 1.67. The van der Waals surface area contributed by atoms with E-state index in [2.05, 4.69) is 60.2 Å². The van der Waals surface area contributed by atoms with E-state index in [1.807, 2.05) is 12.1 Å². The molecule has 0 aliphatic carbocycles. The van der Waals surface area contributed by atoms with Gasteiger partial charge in [-0.2, -0.15) is 0 Å². The summed E-state index contributed by atoms with van der Waals surface area (Å²) in [7, 11) is 0. The monoisotopic (exact) mass is 353 g/mol. The topological polar surface area (TPSA) is 25.2 Å². The second kappa shape index (κ2) is 6.83. The Hall–Kier alpha value is -0.710. The maximum atomic E-state index is 5.34. The summed E-state index contributed by atoms with van der Waals surface area (Å²) in [5, 5.41) is 3.50. The molecule has 0 fully saturated rings. The molecule has 0 spiro atoms. The van der Waals surface area contributed by atoms with E-state index in [9.17, 15) is 0 Å². The van der Waals surface area contributed by atoms with Crippen LogP contribution in [0.5, 0.6) is 0 Å². The van der Waals surface area contributed by atoms with E-state index in [0.717, 1.165) is 22.5 Å². The third kappa shape index (κ3) is 5.00. The summed E-state index contributed by atoms with van der Waals surface area (Å²) in [5.74, 6) is 1.86. The molecule has 2 nitrogen and oxygen atoms in total. The molecule has 0 saturated carbocycles. The number of thioether (sulfide) groups is 1. The molecule has 0 aliphatic heterocycles. The zero-order chi connectivity index (χ0) is 14.6. The summed E-state index contributed by atoms with van der Waals surface area (Å²) in [6.45, 7) is 7.39. The molecule has 1 N–H and O–H groups in total. The van der Waals surface area contributed by atoms with Gasteiger partial charge in [-0.1, -0.05) is 22.0 Å². The van der Waals surface area contributed by atoms with Crippen LogP contribution in [0.15, 0.2) is 50.4 Å². The normalized spacial score (nSPS) is 11.8. The number of nitrogens with one attached hydrogen (secondary N) is 1. The molecule has 0 bridgehead atoms. The SMILES string of the molecule is CC(C)(C)NCc1ccc(SCc2ccco2)cc1Br. The van der Waals surface area contributed by atoms with Gasteiger partial charge in [0.2, 0.25) is 0 Å². The fourth-order valence-corrected chi connectivity index (χ4v) is 3.18.